The maximum atomic E-state index is 12.0. The number of fused-ring (bicyclic) bond motifs is 3. The Balaban J connectivity index is 1.39. The molecule has 1 aliphatic carbocycles. The molecule has 0 atom stereocenters. The number of rotatable bonds is 4. The molecule has 2 amide bonds. The van der Waals surface area contributed by atoms with E-state index in [9.17, 15) is 9.59 Å². The smallest absolute Gasteiger partial charge is 0.305 e. The van der Waals surface area contributed by atoms with Gasteiger partial charge in [-0.25, -0.2) is 9.97 Å². The van der Waals surface area contributed by atoms with Crippen LogP contribution in [0.5, 0.6) is 0 Å². The van der Waals surface area contributed by atoms with E-state index in [4.69, 9.17) is 4.42 Å². The lowest BCUT2D eigenvalue weighted by atomic mass is 10.2. The molecule has 0 saturated carbocycles. The molecule has 0 unspecified atom stereocenters. The molecule has 0 saturated heterocycles. The average Bonchev–Trinajstić information content (AvgIpc) is 3.33. The van der Waals surface area contributed by atoms with Gasteiger partial charge in [0.2, 0.25) is 5.91 Å². The van der Waals surface area contributed by atoms with Crippen molar-refractivity contribution in [2.75, 3.05) is 5.75 Å². The summed E-state index contributed by atoms with van der Waals surface area (Å²) in [6.07, 6.45) is 6.23. The van der Waals surface area contributed by atoms with Crippen molar-refractivity contribution in [1.29, 1.82) is 0 Å². The van der Waals surface area contributed by atoms with E-state index in [1.807, 2.05) is 0 Å². The minimum absolute atomic E-state index is 0.138. The third-order valence-corrected chi connectivity index (χ3v) is 6.06. The number of carbonyl (C=O) groups is 2. The number of hydrogen-bond donors (Lipinski definition) is 2. The van der Waals surface area contributed by atoms with Crippen LogP contribution < -0.4 is 10.9 Å². The van der Waals surface area contributed by atoms with Crippen molar-refractivity contribution in [2.45, 2.75) is 24.3 Å². The van der Waals surface area contributed by atoms with Crippen molar-refractivity contribution in [3.8, 4) is 0 Å². The number of carbonyl (C=O) groups excluding carboxylic acids is 2. The molecule has 128 valence electrons. The molecule has 2 N–H and O–H groups in total. The molecule has 7 nitrogen and oxygen atoms in total. The van der Waals surface area contributed by atoms with Crippen molar-refractivity contribution < 1.29 is 14.0 Å². The van der Waals surface area contributed by atoms with Crippen LogP contribution >= 0.6 is 23.1 Å². The van der Waals surface area contributed by atoms with Gasteiger partial charge in [0.15, 0.2) is 5.76 Å². The number of nitrogens with zero attached hydrogens (tertiary/aromatic N) is 2. The van der Waals surface area contributed by atoms with E-state index in [1.165, 1.54) is 40.9 Å². The van der Waals surface area contributed by atoms with Crippen molar-refractivity contribution in [1.82, 2.24) is 20.8 Å². The van der Waals surface area contributed by atoms with E-state index >= 15 is 0 Å². The zero-order valence-electron chi connectivity index (χ0n) is 13.1. The highest BCUT2D eigenvalue weighted by molar-refractivity contribution is 8.00. The van der Waals surface area contributed by atoms with Crippen LogP contribution in [-0.4, -0.2) is 27.5 Å². The van der Waals surface area contributed by atoms with Gasteiger partial charge >= 0.3 is 5.91 Å². The first-order chi connectivity index (χ1) is 12.2. The quantitative estimate of drug-likeness (QED) is 0.413. The minimum atomic E-state index is -0.497. The monoisotopic (exact) mass is 374 g/mol. The number of thiophene rings is 1. The molecule has 0 spiro atoms. The van der Waals surface area contributed by atoms with Gasteiger partial charge < -0.3 is 4.42 Å². The van der Waals surface area contributed by atoms with Crippen molar-refractivity contribution in [2.24, 2.45) is 0 Å². The van der Waals surface area contributed by atoms with Gasteiger partial charge in [0, 0.05) is 10.3 Å². The van der Waals surface area contributed by atoms with E-state index in [0.29, 0.717) is 0 Å². The van der Waals surface area contributed by atoms with Crippen LogP contribution in [0.15, 0.2) is 34.2 Å². The average molecular weight is 374 g/mol. The standard InChI is InChI=1S/C16H14N4O3S2/c21-12(19-20-14(22)10-4-2-6-23-10)7-24-15-13-9-3-1-5-11(9)25-16(13)18-8-17-15/h2,4,6,8H,1,3,5,7H2,(H,19,21)(H,20,22). The van der Waals surface area contributed by atoms with Crippen LogP contribution in [0.2, 0.25) is 0 Å². The Morgan fingerprint density at radius 1 is 1.28 bits per heavy atom. The first-order valence-electron chi connectivity index (χ1n) is 7.73. The Hall–Kier alpha value is -2.39. The zero-order valence-corrected chi connectivity index (χ0v) is 14.7. The molecule has 0 aliphatic heterocycles. The highest BCUT2D eigenvalue weighted by atomic mass is 32.2. The van der Waals surface area contributed by atoms with Crippen LogP contribution in [0.4, 0.5) is 0 Å². The summed E-state index contributed by atoms with van der Waals surface area (Å²) in [5.74, 6) is -0.527. The number of aromatic nitrogens is 2. The van der Waals surface area contributed by atoms with Crippen molar-refractivity contribution >= 4 is 45.1 Å². The molecule has 3 aromatic heterocycles. The van der Waals surface area contributed by atoms with E-state index in [2.05, 4.69) is 20.8 Å². The molecule has 25 heavy (non-hydrogen) atoms. The summed E-state index contributed by atoms with van der Waals surface area (Å²) in [4.78, 5) is 34.7. The molecule has 1 aliphatic rings. The zero-order chi connectivity index (χ0) is 17.2. The van der Waals surface area contributed by atoms with Gasteiger partial charge in [0.1, 0.15) is 16.2 Å². The molecule has 3 heterocycles. The largest absolute Gasteiger partial charge is 0.459 e. The Morgan fingerprint density at radius 3 is 3.04 bits per heavy atom. The predicted molar refractivity (Wildman–Crippen MR) is 94.5 cm³/mol. The Labute approximate surface area is 151 Å². The van der Waals surface area contributed by atoms with Crippen LogP contribution in [0.3, 0.4) is 0 Å². The number of amides is 2. The number of furan rings is 1. The minimum Gasteiger partial charge on any atom is -0.459 e. The molecular formula is C16H14N4O3S2. The van der Waals surface area contributed by atoms with Gasteiger partial charge in [-0.2, -0.15) is 0 Å². The van der Waals surface area contributed by atoms with Gasteiger partial charge in [-0.15, -0.1) is 11.3 Å². The Bertz CT molecular complexity index is 936. The third kappa shape index (κ3) is 3.24. The lowest BCUT2D eigenvalue weighted by Crippen LogP contribution is -2.42. The van der Waals surface area contributed by atoms with Crippen LogP contribution in [0.25, 0.3) is 10.2 Å². The second-order valence-electron chi connectivity index (χ2n) is 5.48. The Kier molecular flexibility index (Phi) is 4.41. The maximum Gasteiger partial charge on any atom is 0.305 e. The fraction of sp³-hybridized carbons (Fsp3) is 0.250. The van der Waals surface area contributed by atoms with Gasteiger partial charge in [0.25, 0.3) is 0 Å². The number of aryl methyl sites for hydroxylation is 2. The van der Waals surface area contributed by atoms with E-state index in [0.717, 1.165) is 34.5 Å². The number of hydrazine groups is 1. The fourth-order valence-corrected chi connectivity index (χ4v) is 4.89. The van der Waals surface area contributed by atoms with E-state index in [-0.39, 0.29) is 17.4 Å². The Morgan fingerprint density at radius 2 is 2.20 bits per heavy atom. The first kappa shape index (κ1) is 16.1. The van der Waals surface area contributed by atoms with Crippen LogP contribution in [0, 0.1) is 0 Å². The number of hydrogen-bond acceptors (Lipinski definition) is 7. The summed E-state index contributed by atoms with van der Waals surface area (Å²) in [7, 11) is 0. The van der Waals surface area contributed by atoms with Gasteiger partial charge in [-0.3, -0.25) is 20.4 Å². The molecule has 0 bridgehead atoms. The lowest BCUT2D eigenvalue weighted by Gasteiger charge is -2.06. The second-order valence-corrected chi connectivity index (χ2v) is 7.53. The first-order valence-corrected chi connectivity index (χ1v) is 9.53. The van der Waals surface area contributed by atoms with Crippen molar-refractivity contribution in [3.05, 3.63) is 40.9 Å². The van der Waals surface area contributed by atoms with Crippen LogP contribution in [-0.2, 0) is 17.6 Å². The molecule has 0 radical (unpaired) electrons. The summed E-state index contributed by atoms with van der Waals surface area (Å²) in [6.45, 7) is 0. The summed E-state index contributed by atoms with van der Waals surface area (Å²) >= 11 is 3.06. The number of nitrogens with one attached hydrogen (secondary N) is 2. The third-order valence-electron chi connectivity index (χ3n) is 3.87. The SMILES string of the molecule is O=C(CSc1ncnc2sc3c(c12)CCC3)NNC(=O)c1ccco1. The molecular weight excluding hydrogens is 360 g/mol. The maximum absolute atomic E-state index is 12.0. The van der Waals surface area contributed by atoms with E-state index < -0.39 is 5.91 Å². The summed E-state index contributed by atoms with van der Waals surface area (Å²) in [6, 6.07) is 3.12. The topological polar surface area (TPSA) is 97.1 Å². The molecule has 3 aromatic rings. The molecule has 4 rings (SSSR count). The molecule has 0 fully saturated rings. The highest BCUT2D eigenvalue weighted by Crippen LogP contribution is 2.39. The van der Waals surface area contributed by atoms with Crippen molar-refractivity contribution in [3.63, 3.8) is 0 Å². The summed E-state index contributed by atoms with van der Waals surface area (Å²) < 4.78 is 4.95. The second kappa shape index (κ2) is 6.85. The molecule has 9 heteroatoms. The van der Waals surface area contributed by atoms with Gasteiger partial charge in [-0.05, 0) is 37.0 Å². The highest BCUT2D eigenvalue weighted by Gasteiger charge is 2.21. The fourth-order valence-electron chi connectivity index (χ4n) is 2.77. The predicted octanol–water partition coefficient (Wildman–Crippen LogP) is 2.33. The van der Waals surface area contributed by atoms with Gasteiger partial charge in [-0.1, -0.05) is 11.8 Å². The summed E-state index contributed by atoms with van der Waals surface area (Å²) in [5.41, 5.74) is 6.02. The lowest BCUT2D eigenvalue weighted by molar-refractivity contribution is -0.119. The normalized spacial score (nSPS) is 13.0. The van der Waals surface area contributed by atoms with Crippen LogP contribution in [0.1, 0.15) is 27.4 Å². The number of thioether (sulfide) groups is 1. The summed E-state index contributed by atoms with van der Waals surface area (Å²) in [5, 5.41) is 1.90. The molecule has 0 aromatic carbocycles. The van der Waals surface area contributed by atoms with Gasteiger partial charge in [0.05, 0.1) is 12.0 Å². The van der Waals surface area contributed by atoms with E-state index in [1.54, 1.807) is 17.4 Å².